The number of rotatable bonds is 4. The molecule has 1 aromatic carbocycles. The summed E-state index contributed by atoms with van der Waals surface area (Å²) in [6.07, 6.45) is -0.0390. The molecule has 0 spiro atoms. The first-order valence-electron chi connectivity index (χ1n) is 6.95. The van der Waals surface area contributed by atoms with E-state index in [1.165, 1.54) is 6.92 Å². The molecule has 0 bridgehead atoms. The molecule has 1 aliphatic rings. The Morgan fingerprint density at radius 2 is 2.00 bits per heavy atom. The number of nitrogens with zero attached hydrogens (tertiary/aromatic N) is 1. The van der Waals surface area contributed by atoms with Crippen LogP contribution in [0.25, 0.3) is 0 Å². The quantitative estimate of drug-likeness (QED) is 0.881. The third-order valence-electron chi connectivity index (χ3n) is 3.35. The van der Waals surface area contributed by atoms with Crippen molar-refractivity contribution in [2.75, 3.05) is 23.4 Å². The van der Waals surface area contributed by atoms with Crippen molar-refractivity contribution in [1.82, 2.24) is 4.90 Å². The Morgan fingerprint density at radius 1 is 1.32 bits per heavy atom. The number of carboxylic acid groups (broad SMARTS) is 1. The van der Waals surface area contributed by atoms with Crippen molar-refractivity contribution in [3.8, 4) is 0 Å². The van der Waals surface area contributed by atoms with Crippen LogP contribution < -0.4 is 5.32 Å². The highest BCUT2D eigenvalue weighted by Gasteiger charge is 2.29. The fourth-order valence-electron chi connectivity index (χ4n) is 2.36. The smallest absolute Gasteiger partial charge is 0.305 e. The summed E-state index contributed by atoms with van der Waals surface area (Å²) in [5, 5.41) is 11.6. The number of anilines is 1. The molecular formula is C15H18N2O4S. The Hall–Kier alpha value is -2.02. The molecule has 118 valence electrons. The first-order valence-corrected chi connectivity index (χ1v) is 8.11. The van der Waals surface area contributed by atoms with Crippen LogP contribution in [0, 0.1) is 0 Å². The van der Waals surface area contributed by atoms with E-state index in [1.54, 1.807) is 40.9 Å². The van der Waals surface area contributed by atoms with Crippen LogP contribution in [0.2, 0.25) is 0 Å². The van der Waals surface area contributed by atoms with Gasteiger partial charge in [0.25, 0.3) is 5.91 Å². The Kier molecular flexibility index (Phi) is 5.43. The van der Waals surface area contributed by atoms with Gasteiger partial charge in [-0.3, -0.25) is 14.4 Å². The Bertz CT molecular complexity index is 573. The van der Waals surface area contributed by atoms with Crippen molar-refractivity contribution in [2.45, 2.75) is 19.4 Å². The van der Waals surface area contributed by atoms with Gasteiger partial charge < -0.3 is 15.3 Å². The third-order valence-corrected chi connectivity index (χ3v) is 4.44. The molecule has 1 aliphatic heterocycles. The summed E-state index contributed by atoms with van der Waals surface area (Å²) in [6.45, 7) is 1.97. The van der Waals surface area contributed by atoms with E-state index in [1.807, 2.05) is 0 Å². The number of hydrogen-bond donors (Lipinski definition) is 2. The highest BCUT2D eigenvalue weighted by molar-refractivity contribution is 7.99. The molecule has 6 nitrogen and oxygen atoms in total. The van der Waals surface area contributed by atoms with Gasteiger partial charge in [-0.15, -0.1) is 0 Å². The molecule has 2 amide bonds. The Morgan fingerprint density at radius 3 is 2.59 bits per heavy atom. The number of carbonyl (C=O) groups excluding carboxylic acids is 2. The van der Waals surface area contributed by atoms with Crippen LogP contribution in [0.15, 0.2) is 24.3 Å². The van der Waals surface area contributed by atoms with Crippen LogP contribution >= 0.6 is 11.8 Å². The maximum absolute atomic E-state index is 12.6. The zero-order valence-corrected chi connectivity index (χ0v) is 13.1. The van der Waals surface area contributed by atoms with Gasteiger partial charge in [0.05, 0.1) is 12.5 Å². The number of nitrogens with one attached hydrogen (secondary N) is 1. The third kappa shape index (κ3) is 4.24. The second-order valence-corrected chi connectivity index (χ2v) is 6.23. The number of hydrogen-bond acceptors (Lipinski definition) is 4. The number of carbonyl (C=O) groups is 3. The molecule has 1 heterocycles. The Labute approximate surface area is 132 Å². The molecule has 7 heteroatoms. The first kappa shape index (κ1) is 16.4. The average Bonchev–Trinajstić information content (AvgIpc) is 2.47. The fourth-order valence-corrected chi connectivity index (χ4v) is 3.42. The van der Waals surface area contributed by atoms with Gasteiger partial charge >= 0.3 is 5.97 Å². The van der Waals surface area contributed by atoms with Crippen LogP contribution in [-0.2, 0) is 9.59 Å². The fraction of sp³-hybridized carbons (Fsp3) is 0.400. The second-order valence-electron chi connectivity index (χ2n) is 5.08. The average molecular weight is 322 g/mol. The summed E-state index contributed by atoms with van der Waals surface area (Å²) >= 11 is 1.67. The van der Waals surface area contributed by atoms with E-state index < -0.39 is 5.97 Å². The van der Waals surface area contributed by atoms with Crippen molar-refractivity contribution in [2.24, 2.45) is 0 Å². The maximum Gasteiger partial charge on any atom is 0.305 e. The van der Waals surface area contributed by atoms with E-state index in [-0.39, 0.29) is 24.3 Å². The van der Waals surface area contributed by atoms with Gasteiger partial charge in [-0.1, -0.05) is 0 Å². The number of aliphatic carboxylic acids is 1. The van der Waals surface area contributed by atoms with E-state index in [2.05, 4.69) is 5.32 Å². The number of thioether (sulfide) groups is 1. The normalized spacial score (nSPS) is 17.9. The van der Waals surface area contributed by atoms with E-state index in [9.17, 15) is 14.4 Å². The molecule has 0 radical (unpaired) electrons. The van der Waals surface area contributed by atoms with Gasteiger partial charge in [0.2, 0.25) is 5.91 Å². The van der Waals surface area contributed by atoms with E-state index in [0.717, 1.165) is 5.75 Å². The van der Waals surface area contributed by atoms with Gasteiger partial charge in [-0.2, -0.15) is 11.8 Å². The number of amides is 2. The minimum Gasteiger partial charge on any atom is -0.481 e. The molecule has 2 N–H and O–H groups in total. The molecule has 1 saturated heterocycles. The predicted octanol–water partition coefficient (Wildman–Crippen LogP) is 1.68. The molecule has 1 unspecified atom stereocenters. The van der Waals surface area contributed by atoms with Crippen LogP contribution in [0.5, 0.6) is 0 Å². The summed E-state index contributed by atoms with van der Waals surface area (Å²) in [6, 6.07) is 6.35. The summed E-state index contributed by atoms with van der Waals surface area (Å²) in [4.78, 5) is 36.1. The molecule has 2 rings (SSSR count). The van der Waals surface area contributed by atoms with E-state index in [4.69, 9.17) is 5.11 Å². The van der Waals surface area contributed by atoms with E-state index >= 15 is 0 Å². The van der Waals surface area contributed by atoms with Crippen molar-refractivity contribution >= 4 is 35.2 Å². The lowest BCUT2D eigenvalue weighted by atomic mass is 10.1. The lowest BCUT2D eigenvalue weighted by Crippen LogP contribution is -2.47. The van der Waals surface area contributed by atoms with Crippen LogP contribution in [0.1, 0.15) is 23.7 Å². The summed E-state index contributed by atoms with van der Waals surface area (Å²) in [7, 11) is 0. The van der Waals surface area contributed by atoms with Gasteiger partial charge in [0.1, 0.15) is 0 Å². The summed E-state index contributed by atoms with van der Waals surface area (Å²) in [5.41, 5.74) is 1.12. The molecule has 0 aromatic heterocycles. The molecular weight excluding hydrogens is 304 g/mol. The van der Waals surface area contributed by atoms with Crippen molar-refractivity contribution in [1.29, 1.82) is 0 Å². The number of benzene rings is 1. The van der Waals surface area contributed by atoms with Crippen LogP contribution in [0.4, 0.5) is 5.69 Å². The maximum atomic E-state index is 12.6. The highest BCUT2D eigenvalue weighted by Crippen LogP contribution is 2.22. The largest absolute Gasteiger partial charge is 0.481 e. The topological polar surface area (TPSA) is 86.7 Å². The van der Waals surface area contributed by atoms with Crippen LogP contribution in [0.3, 0.4) is 0 Å². The minimum atomic E-state index is -0.897. The summed E-state index contributed by atoms with van der Waals surface area (Å²) in [5.74, 6) is 0.217. The molecule has 0 saturated carbocycles. The standard InChI is InChI=1S/C15H18N2O4S/c1-10(18)16-12-4-2-11(3-5-12)15(21)17-6-7-22-9-13(17)8-14(19)20/h2-5,13H,6-9H2,1H3,(H,16,18)(H,19,20). The zero-order chi connectivity index (χ0) is 16.1. The first-order chi connectivity index (χ1) is 10.5. The van der Waals surface area contributed by atoms with Gasteiger partial charge in [-0.05, 0) is 24.3 Å². The lowest BCUT2D eigenvalue weighted by molar-refractivity contribution is -0.138. The van der Waals surface area contributed by atoms with Gasteiger partial charge in [0.15, 0.2) is 0 Å². The molecule has 1 aromatic rings. The monoisotopic (exact) mass is 322 g/mol. The van der Waals surface area contributed by atoms with Crippen molar-refractivity contribution in [3.63, 3.8) is 0 Å². The number of carboxylic acids is 1. The second kappa shape index (κ2) is 7.31. The Balaban J connectivity index is 2.11. The lowest BCUT2D eigenvalue weighted by Gasteiger charge is -2.34. The predicted molar refractivity (Wildman–Crippen MR) is 85.1 cm³/mol. The van der Waals surface area contributed by atoms with Crippen LogP contribution in [-0.4, -0.2) is 51.9 Å². The molecule has 0 aliphatic carbocycles. The minimum absolute atomic E-state index is 0.0390. The molecule has 1 atom stereocenters. The molecule has 22 heavy (non-hydrogen) atoms. The SMILES string of the molecule is CC(=O)Nc1ccc(C(=O)N2CCSCC2CC(=O)O)cc1. The highest BCUT2D eigenvalue weighted by atomic mass is 32.2. The zero-order valence-electron chi connectivity index (χ0n) is 12.2. The molecule has 1 fully saturated rings. The van der Waals surface area contributed by atoms with Gasteiger partial charge in [-0.25, -0.2) is 0 Å². The van der Waals surface area contributed by atoms with E-state index in [0.29, 0.717) is 23.5 Å². The van der Waals surface area contributed by atoms with Crippen molar-refractivity contribution < 1.29 is 19.5 Å². The summed E-state index contributed by atoms with van der Waals surface area (Å²) < 4.78 is 0. The van der Waals surface area contributed by atoms with Gasteiger partial charge in [0, 0.05) is 36.2 Å². The van der Waals surface area contributed by atoms with Crippen molar-refractivity contribution in [3.05, 3.63) is 29.8 Å².